The highest BCUT2D eigenvalue weighted by molar-refractivity contribution is 7.93. The molecule has 0 amide bonds. The van der Waals surface area contributed by atoms with Crippen LogP contribution in [-0.2, 0) is 16.4 Å². The Labute approximate surface area is 150 Å². The van der Waals surface area contributed by atoms with Gasteiger partial charge in [0.1, 0.15) is 0 Å². The van der Waals surface area contributed by atoms with Crippen LogP contribution in [0, 0.1) is 24.0 Å². The Morgan fingerprint density at radius 2 is 1.64 bits per heavy atom. The summed E-state index contributed by atoms with van der Waals surface area (Å²) in [6, 6.07) is 18.0. The van der Waals surface area contributed by atoms with E-state index in [4.69, 9.17) is 0 Å². The number of sulfonamides is 1. The lowest BCUT2D eigenvalue weighted by Crippen LogP contribution is -2.38. The maximum atomic E-state index is 12.4. The fourth-order valence-corrected chi connectivity index (χ4v) is 4.19. The number of piperidine rings is 1. The lowest BCUT2D eigenvalue weighted by molar-refractivity contribution is 0.275. The van der Waals surface area contributed by atoms with Gasteiger partial charge in [-0.25, -0.2) is 0 Å². The molecule has 0 saturated carbocycles. The normalized spacial score (nSPS) is 16.2. The van der Waals surface area contributed by atoms with Crippen LogP contribution in [0.3, 0.4) is 0 Å². The molecule has 0 N–H and O–H groups in total. The number of rotatable bonds is 3. The minimum absolute atomic E-state index is 0.541. The molecule has 1 fully saturated rings. The molecule has 2 aromatic rings. The predicted molar refractivity (Wildman–Crippen MR) is 101 cm³/mol. The first-order valence-electron chi connectivity index (χ1n) is 8.66. The summed E-state index contributed by atoms with van der Waals surface area (Å²) in [5.41, 5.74) is 3.19. The van der Waals surface area contributed by atoms with Crippen molar-refractivity contribution in [1.82, 2.24) is 4.31 Å². The number of hydrogen-bond acceptors (Lipinski definition) is 2. The number of nitrogens with zero attached hydrogens (tertiary/aromatic N) is 1. The third-order valence-electron chi connectivity index (χ3n) is 4.66. The lowest BCUT2D eigenvalue weighted by atomic mass is 9.91. The molecule has 0 bridgehead atoms. The van der Waals surface area contributed by atoms with Gasteiger partial charge in [-0.3, -0.25) is 0 Å². The Bertz CT molecular complexity index is 854. The number of benzene rings is 2. The van der Waals surface area contributed by atoms with Gasteiger partial charge in [-0.1, -0.05) is 48.0 Å². The van der Waals surface area contributed by atoms with E-state index in [0.717, 1.165) is 30.4 Å². The second-order valence-electron chi connectivity index (χ2n) is 6.63. The molecule has 3 rings (SSSR count). The highest BCUT2D eigenvalue weighted by atomic mass is 32.2. The Morgan fingerprint density at radius 3 is 2.28 bits per heavy atom. The van der Waals surface area contributed by atoms with Crippen molar-refractivity contribution in [3.05, 3.63) is 71.3 Å². The maximum Gasteiger partial charge on any atom is 0.283 e. The summed E-state index contributed by atoms with van der Waals surface area (Å²) in [6.07, 6.45) is 2.80. The van der Waals surface area contributed by atoms with Gasteiger partial charge in [0, 0.05) is 23.9 Å². The van der Waals surface area contributed by atoms with Crippen LogP contribution in [0.1, 0.15) is 29.5 Å². The van der Waals surface area contributed by atoms with Crippen molar-refractivity contribution in [3.63, 3.8) is 0 Å². The molecule has 130 valence electrons. The van der Waals surface area contributed by atoms with Crippen LogP contribution in [0.5, 0.6) is 0 Å². The van der Waals surface area contributed by atoms with Crippen molar-refractivity contribution in [2.45, 2.75) is 26.2 Å². The van der Waals surface area contributed by atoms with E-state index in [9.17, 15) is 8.42 Å². The van der Waals surface area contributed by atoms with E-state index in [-0.39, 0.29) is 0 Å². The SMILES string of the molecule is Cc1ccc(C#CS(=O)(=O)N2CCC(Cc3ccccc3)CC2)cc1. The third-order valence-corrected chi connectivity index (χ3v) is 6.06. The fraction of sp³-hybridized carbons (Fsp3) is 0.333. The zero-order chi connectivity index (χ0) is 17.7. The van der Waals surface area contributed by atoms with Crippen LogP contribution in [0.2, 0.25) is 0 Å². The van der Waals surface area contributed by atoms with Crippen molar-refractivity contribution < 1.29 is 8.42 Å². The number of hydrogen-bond donors (Lipinski definition) is 0. The van der Waals surface area contributed by atoms with E-state index < -0.39 is 10.0 Å². The Hall–Kier alpha value is -2.09. The fourth-order valence-electron chi connectivity index (χ4n) is 3.13. The molecular formula is C21H23NO2S. The van der Waals surface area contributed by atoms with Crippen LogP contribution in [0.25, 0.3) is 0 Å². The summed E-state index contributed by atoms with van der Waals surface area (Å²) in [4.78, 5) is 0. The molecule has 4 heteroatoms. The van der Waals surface area contributed by atoms with Crippen molar-refractivity contribution in [3.8, 4) is 11.2 Å². The molecule has 2 aromatic carbocycles. The van der Waals surface area contributed by atoms with Gasteiger partial charge in [0.15, 0.2) is 0 Å². The molecule has 0 atom stereocenters. The van der Waals surface area contributed by atoms with Gasteiger partial charge in [-0.2, -0.15) is 12.7 Å². The highest BCUT2D eigenvalue weighted by Gasteiger charge is 2.26. The topological polar surface area (TPSA) is 37.4 Å². The monoisotopic (exact) mass is 353 g/mol. The van der Waals surface area contributed by atoms with Gasteiger partial charge >= 0.3 is 0 Å². The van der Waals surface area contributed by atoms with E-state index in [1.54, 1.807) is 0 Å². The van der Waals surface area contributed by atoms with Crippen LogP contribution in [-0.4, -0.2) is 25.8 Å². The average Bonchev–Trinajstić information content (AvgIpc) is 2.63. The minimum atomic E-state index is -3.52. The van der Waals surface area contributed by atoms with E-state index in [2.05, 4.69) is 35.4 Å². The summed E-state index contributed by atoms with van der Waals surface area (Å²) >= 11 is 0. The molecule has 3 nitrogen and oxygen atoms in total. The van der Waals surface area contributed by atoms with Gasteiger partial charge in [-0.15, -0.1) is 0 Å². The molecule has 1 heterocycles. The number of aryl methyl sites for hydroxylation is 1. The van der Waals surface area contributed by atoms with E-state index in [0.29, 0.717) is 19.0 Å². The van der Waals surface area contributed by atoms with Gasteiger partial charge in [0.05, 0.1) is 0 Å². The second kappa shape index (κ2) is 7.86. The highest BCUT2D eigenvalue weighted by Crippen LogP contribution is 2.23. The quantitative estimate of drug-likeness (QED) is 0.791. The predicted octanol–water partition coefficient (Wildman–Crippen LogP) is 3.59. The molecule has 0 aliphatic carbocycles. The molecule has 0 aromatic heterocycles. The van der Waals surface area contributed by atoms with Crippen molar-refractivity contribution in [2.75, 3.05) is 13.1 Å². The Morgan fingerprint density at radius 1 is 1.00 bits per heavy atom. The smallest absolute Gasteiger partial charge is 0.198 e. The van der Waals surface area contributed by atoms with E-state index >= 15 is 0 Å². The first-order valence-corrected chi connectivity index (χ1v) is 10.1. The Kier molecular flexibility index (Phi) is 5.57. The molecule has 25 heavy (non-hydrogen) atoms. The zero-order valence-electron chi connectivity index (χ0n) is 14.5. The van der Waals surface area contributed by atoms with Gasteiger partial charge in [-0.05, 0) is 55.7 Å². The summed E-state index contributed by atoms with van der Waals surface area (Å²) in [6.45, 7) is 3.11. The van der Waals surface area contributed by atoms with Crippen LogP contribution in [0.4, 0.5) is 0 Å². The standard InChI is InChI=1S/C21H23NO2S/c1-18-7-9-19(10-8-18)13-16-25(23,24)22-14-11-21(12-15-22)17-20-5-3-2-4-6-20/h2-10,21H,11-12,14-15,17H2,1H3. The molecule has 1 aliphatic rings. The molecular weight excluding hydrogens is 330 g/mol. The summed E-state index contributed by atoms with van der Waals surface area (Å²) in [5.74, 6) is 3.32. The maximum absolute atomic E-state index is 12.4. The van der Waals surface area contributed by atoms with Crippen molar-refractivity contribution >= 4 is 10.0 Å². The van der Waals surface area contributed by atoms with Crippen LogP contribution >= 0.6 is 0 Å². The van der Waals surface area contributed by atoms with Crippen molar-refractivity contribution in [2.24, 2.45) is 5.92 Å². The molecule has 1 aliphatic heterocycles. The first-order chi connectivity index (χ1) is 12.0. The van der Waals surface area contributed by atoms with Gasteiger partial charge in [0.2, 0.25) is 0 Å². The first kappa shape index (κ1) is 17.7. The zero-order valence-corrected chi connectivity index (χ0v) is 15.3. The third kappa shape index (κ3) is 4.94. The van der Waals surface area contributed by atoms with Gasteiger partial charge in [0.25, 0.3) is 10.0 Å². The minimum Gasteiger partial charge on any atom is -0.198 e. The molecule has 0 spiro atoms. The van der Waals surface area contributed by atoms with E-state index in [1.807, 2.05) is 37.3 Å². The second-order valence-corrected chi connectivity index (χ2v) is 8.30. The summed E-state index contributed by atoms with van der Waals surface area (Å²) < 4.78 is 26.4. The molecule has 1 saturated heterocycles. The van der Waals surface area contributed by atoms with Crippen LogP contribution in [0.15, 0.2) is 54.6 Å². The largest absolute Gasteiger partial charge is 0.283 e. The van der Waals surface area contributed by atoms with Gasteiger partial charge < -0.3 is 0 Å². The van der Waals surface area contributed by atoms with E-state index in [1.165, 1.54) is 9.87 Å². The Balaban J connectivity index is 1.59. The van der Waals surface area contributed by atoms with Crippen molar-refractivity contribution in [1.29, 1.82) is 0 Å². The van der Waals surface area contributed by atoms with Crippen LogP contribution < -0.4 is 0 Å². The average molecular weight is 353 g/mol. The summed E-state index contributed by atoms with van der Waals surface area (Å²) in [7, 11) is -3.52. The lowest BCUT2D eigenvalue weighted by Gasteiger charge is -2.29. The molecule has 0 radical (unpaired) electrons. The summed E-state index contributed by atoms with van der Waals surface area (Å²) in [5, 5.41) is 2.48. The molecule has 0 unspecified atom stereocenters.